The van der Waals surface area contributed by atoms with Gasteiger partial charge in [0.2, 0.25) is 21.6 Å². The maximum Gasteiger partial charge on any atom is 0.354 e. The monoisotopic (exact) mass is 444 g/mol. The van der Waals surface area contributed by atoms with E-state index in [2.05, 4.69) is 19.7 Å². The first-order valence-corrected chi connectivity index (χ1v) is 11.3. The van der Waals surface area contributed by atoms with Crippen LogP contribution < -0.4 is 9.46 Å². The van der Waals surface area contributed by atoms with Gasteiger partial charge in [0, 0.05) is 30.9 Å². The van der Waals surface area contributed by atoms with E-state index < -0.39 is 20.6 Å². The van der Waals surface area contributed by atoms with Gasteiger partial charge in [-0.15, -0.1) is 0 Å². The minimum Gasteiger partial charge on any atom is -0.450 e. The van der Waals surface area contributed by atoms with E-state index in [9.17, 15) is 18.5 Å². The van der Waals surface area contributed by atoms with Crippen LogP contribution >= 0.6 is 0 Å². The first-order valence-electron chi connectivity index (χ1n) is 9.69. The van der Waals surface area contributed by atoms with Crippen molar-refractivity contribution in [2.45, 2.75) is 19.8 Å². The number of aromatic nitrogens is 1. The fraction of sp³-hybridized carbons (Fsp3) is 0.316. The van der Waals surface area contributed by atoms with E-state index in [1.165, 1.54) is 12.3 Å². The molecule has 0 fully saturated rings. The summed E-state index contributed by atoms with van der Waals surface area (Å²) in [5.74, 6) is 0.415. The highest BCUT2D eigenvalue weighted by atomic mass is 32.2. The van der Waals surface area contributed by atoms with Gasteiger partial charge in [0.25, 0.3) is 0 Å². The van der Waals surface area contributed by atoms with E-state index in [4.69, 9.17) is 4.74 Å². The number of anilines is 1. The average Bonchev–Trinajstić information content (AvgIpc) is 2.73. The lowest BCUT2D eigenvalue weighted by Crippen LogP contribution is -2.36. The molecule has 3 heterocycles. The molecule has 0 amide bonds. The van der Waals surface area contributed by atoms with Crippen molar-refractivity contribution < 1.29 is 18.1 Å². The number of sulfonamides is 1. The molecule has 4 rings (SSSR count). The fourth-order valence-electron chi connectivity index (χ4n) is 3.34. The first kappa shape index (κ1) is 20.7. The molecule has 1 aromatic heterocycles. The van der Waals surface area contributed by atoms with Crippen LogP contribution in [-0.2, 0) is 10.0 Å². The summed E-state index contributed by atoms with van der Waals surface area (Å²) in [6.45, 7) is 3.21. The van der Waals surface area contributed by atoms with Crippen molar-refractivity contribution in [3.63, 3.8) is 0 Å². The van der Waals surface area contributed by atoms with Gasteiger partial charge in [-0.2, -0.15) is 0 Å². The molecule has 0 aliphatic carbocycles. The molecule has 0 bridgehead atoms. The summed E-state index contributed by atoms with van der Waals surface area (Å²) in [5.41, 5.74) is 0.927. The molecular formula is C19H20N6O5S. The number of fused-ring (bicyclic) bond motifs is 3. The van der Waals surface area contributed by atoms with Gasteiger partial charge < -0.3 is 9.64 Å². The van der Waals surface area contributed by atoms with E-state index in [0.717, 1.165) is 30.1 Å². The lowest BCUT2D eigenvalue weighted by atomic mass is 10.1. The number of hydrogen-bond acceptors (Lipinski definition) is 9. The molecule has 2 aliphatic heterocycles. The van der Waals surface area contributed by atoms with E-state index in [-0.39, 0.29) is 17.3 Å². The van der Waals surface area contributed by atoms with E-state index in [1.807, 2.05) is 4.90 Å². The summed E-state index contributed by atoms with van der Waals surface area (Å²) >= 11 is 0. The number of nitro groups is 1. The number of amidine groups is 1. The highest BCUT2D eigenvalue weighted by Crippen LogP contribution is 2.38. The molecule has 0 saturated carbocycles. The number of nitrogens with zero attached hydrogens (tertiary/aromatic N) is 5. The van der Waals surface area contributed by atoms with Crippen LogP contribution in [0.5, 0.6) is 11.5 Å². The second kappa shape index (κ2) is 8.30. The van der Waals surface area contributed by atoms with Crippen molar-refractivity contribution in [2.24, 2.45) is 9.98 Å². The van der Waals surface area contributed by atoms with Gasteiger partial charge in [0.1, 0.15) is 11.6 Å². The van der Waals surface area contributed by atoms with Gasteiger partial charge >= 0.3 is 5.69 Å². The summed E-state index contributed by atoms with van der Waals surface area (Å²) in [6.07, 6.45) is 4.28. The molecule has 0 spiro atoms. The van der Waals surface area contributed by atoms with Crippen LogP contribution in [0.15, 0.2) is 40.4 Å². The predicted octanol–water partition coefficient (Wildman–Crippen LogP) is 3.06. The molecule has 12 heteroatoms. The van der Waals surface area contributed by atoms with Crippen LogP contribution in [0.3, 0.4) is 0 Å². The number of pyridine rings is 1. The number of hydrogen-bond donors (Lipinski definition) is 1. The summed E-state index contributed by atoms with van der Waals surface area (Å²) in [4.78, 5) is 25.7. The third-order valence-corrected chi connectivity index (χ3v) is 6.11. The van der Waals surface area contributed by atoms with Crippen molar-refractivity contribution >= 4 is 39.4 Å². The van der Waals surface area contributed by atoms with Crippen LogP contribution in [0.25, 0.3) is 0 Å². The van der Waals surface area contributed by atoms with Gasteiger partial charge in [-0.25, -0.2) is 18.4 Å². The zero-order valence-electron chi connectivity index (χ0n) is 16.7. The molecule has 0 saturated heterocycles. The first-order chi connectivity index (χ1) is 14.9. The normalized spacial score (nSPS) is 15.0. The number of nitrogens with one attached hydrogen (secondary N) is 1. The molecular weight excluding hydrogens is 424 g/mol. The summed E-state index contributed by atoms with van der Waals surface area (Å²) in [5, 5.41) is 11.7. The van der Waals surface area contributed by atoms with Crippen molar-refractivity contribution in [2.75, 3.05) is 23.6 Å². The van der Waals surface area contributed by atoms with Crippen LogP contribution in [0.4, 0.5) is 17.2 Å². The molecule has 0 radical (unpaired) electrons. The third-order valence-electron chi connectivity index (χ3n) is 4.66. The molecule has 2 aromatic rings. The third kappa shape index (κ3) is 4.33. The SMILES string of the molecule is CCCS(=O)(=O)Nc1nccc(Oc2ccc3c(c2)C2=NCCCN2C=N3)c1[N+](=O)[O-]. The van der Waals surface area contributed by atoms with Gasteiger partial charge in [0.05, 0.1) is 22.7 Å². The number of ether oxygens (including phenoxy) is 1. The van der Waals surface area contributed by atoms with Gasteiger partial charge in [-0.1, -0.05) is 6.92 Å². The van der Waals surface area contributed by atoms with Crippen LogP contribution in [0, 0.1) is 10.1 Å². The Hall–Kier alpha value is -3.54. The molecule has 0 unspecified atom stereocenters. The molecule has 11 nitrogen and oxygen atoms in total. The Morgan fingerprint density at radius 1 is 1.32 bits per heavy atom. The van der Waals surface area contributed by atoms with Crippen molar-refractivity contribution in [3.05, 3.63) is 46.1 Å². The van der Waals surface area contributed by atoms with E-state index in [0.29, 0.717) is 18.7 Å². The van der Waals surface area contributed by atoms with Gasteiger partial charge in [-0.3, -0.25) is 19.8 Å². The van der Waals surface area contributed by atoms with Gasteiger partial charge in [0.15, 0.2) is 0 Å². The molecule has 1 N–H and O–H groups in total. The summed E-state index contributed by atoms with van der Waals surface area (Å²) in [7, 11) is -3.77. The number of rotatable bonds is 7. The van der Waals surface area contributed by atoms with E-state index in [1.54, 1.807) is 31.5 Å². The largest absolute Gasteiger partial charge is 0.450 e. The smallest absolute Gasteiger partial charge is 0.354 e. The zero-order valence-corrected chi connectivity index (χ0v) is 17.5. The van der Waals surface area contributed by atoms with Crippen molar-refractivity contribution in [3.8, 4) is 11.5 Å². The van der Waals surface area contributed by atoms with Crippen LogP contribution in [-0.4, -0.2) is 54.2 Å². The second-order valence-corrected chi connectivity index (χ2v) is 8.80. The van der Waals surface area contributed by atoms with E-state index >= 15 is 0 Å². The Bertz CT molecular complexity index is 1190. The maximum atomic E-state index is 12.1. The Morgan fingerprint density at radius 3 is 2.94 bits per heavy atom. The Balaban J connectivity index is 1.69. The Kier molecular flexibility index (Phi) is 5.55. The molecule has 162 valence electrons. The van der Waals surface area contributed by atoms with Gasteiger partial charge in [-0.05, 0) is 31.0 Å². The van der Waals surface area contributed by atoms with Crippen LogP contribution in [0.1, 0.15) is 25.3 Å². The quantitative estimate of drug-likeness (QED) is 0.511. The van der Waals surface area contributed by atoms with Crippen LogP contribution in [0.2, 0.25) is 0 Å². The van der Waals surface area contributed by atoms with Crippen molar-refractivity contribution in [1.82, 2.24) is 9.88 Å². The highest BCUT2D eigenvalue weighted by molar-refractivity contribution is 7.92. The molecule has 2 aliphatic rings. The highest BCUT2D eigenvalue weighted by Gasteiger charge is 2.27. The van der Waals surface area contributed by atoms with Crippen molar-refractivity contribution in [1.29, 1.82) is 0 Å². The predicted molar refractivity (Wildman–Crippen MR) is 116 cm³/mol. The molecule has 0 atom stereocenters. The standard InChI is InChI=1S/C19H20N6O5S/c1-2-10-31(28,29)23-18-17(25(26)27)16(6-8-20-18)30-13-4-5-15-14(11-13)19-21-7-3-9-24(19)12-22-15/h4-6,8,11-12H,2-3,7,9-10H2,1H3,(H,20,23). The lowest BCUT2D eigenvalue weighted by Gasteiger charge is -2.29. The Morgan fingerprint density at radius 2 is 2.16 bits per heavy atom. The number of benzene rings is 1. The zero-order chi connectivity index (χ0) is 22.0. The molecule has 31 heavy (non-hydrogen) atoms. The summed E-state index contributed by atoms with van der Waals surface area (Å²) in [6, 6.07) is 6.42. The topological polar surface area (TPSA) is 139 Å². The average molecular weight is 444 g/mol. The Labute approximate surface area is 178 Å². The lowest BCUT2D eigenvalue weighted by molar-refractivity contribution is -0.384. The second-order valence-electron chi connectivity index (χ2n) is 6.96. The minimum absolute atomic E-state index is 0.129. The maximum absolute atomic E-state index is 12.1. The minimum atomic E-state index is -3.77. The fourth-order valence-corrected chi connectivity index (χ4v) is 4.42. The summed E-state index contributed by atoms with van der Waals surface area (Å²) < 4.78 is 32.2. The number of aliphatic imine (C=N–C) groups is 2. The molecule has 1 aromatic carbocycles.